The van der Waals surface area contributed by atoms with Gasteiger partial charge in [-0.3, -0.25) is 4.68 Å². The van der Waals surface area contributed by atoms with Crippen molar-refractivity contribution in [2.75, 3.05) is 6.54 Å². The van der Waals surface area contributed by atoms with Crippen LogP contribution in [0.4, 0.5) is 0 Å². The number of nitrogens with one attached hydrogen (secondary N) is 1. The maximum Gasteiger partial charge on any atom is 0.0492 e. The molecular formula is C13H23N3. The maximum absolute atomic E-state index is 4.17. The highest BCUT2D eigenvalue weighted by Crippen LogP contribution is 2.30. The third-order valence-electron chi connectivity index (χ3n) is 3.71. The van der Waals surface area contributed by atoms with E-state index in [0.29, 0.717) is 6.04 Å². The first kappa shape index (κ1) is 11.6. The summed E-state index contributed by atoms with van der Waals surface area (Å²) in [7, 11) is 2.01. The molecule has 90 valence electrons. The van der Waals surface area contributed by atoms with Gasteiger partial charge in [0.05, 0.1) is 0 Å². The van der Waals surface area contributed by atoms with Crippen LogP contribution in [-0.4, -0.2) is 22.4 Å². The molecule has 0 amide bonds. The molecule has 1 aliphatic rings. The Balaban J connectivity index is 1.61. The van der Waals surface area contributed by atoms with Crippen molar-refractivity contribution in [2.24, 2.45) is 13.0 Å². The van der Waals surface area contributed by atoms with Gasteiger partial charge in [0.1, 0.15) is 0 Å². The van der Waals surface area contributed by atoms with E-state index in [1.165, 1.54) is 31.4 Å². The maximum atomic E-state index is 4.17. The van der Waals surface area contributed by atoms with Gasteiger partial charge in [-0.25, -0.2) is 0 Å². The lowest BCUT2D eigenvalue weighted by atomic mass is 9.81. The second-order valence-corrected chi connectivity index (χ2v) is 5.08. The van der Waals surface area contributed by atoms with Crippen LogP contribution in [0.25, 0.3) is 0 Å². The van der Waals surface area contributed by atoms with Crippen LogP contribution in [0.2, 0.25) is 0 Å². The highest BCUT2D eigenvalue weighted by Gasteiger charge is 2.19. The minimum Gasteiger partial charge on any atom is -0.314 e. The molecule has 1 aromatic heterocycles. The van der Waals surface area contributed by atoms with Crippen LogP contribution in [-0.2, 0) is 13.5 Å². The van der Waals surface area contributed by atoms with Gasteiger partial charge in [0, 0.05) is 37.9 Å². The van der Waals surface area contributed by atoms with Gasteiger partial charge in [0.2, 0.25) is 0 Å². The van der Waals surface area contributed by atoms with Gasteiger partial charge >= 0.3 is 0 Å². The molecule has 1 aliphatic carbocycles. The number of aromatic nitrogens is 2. The summed E-state index contributed by atoms with van der Waals surface area (Å²) in [6, 6.07) is 2.76. The van der Waals surface area contributed by atoms with Gasteiger partial charge in [-0.1, -0.05) is 19.3 Å². The molecule has 1 atom stereocenters. The Morgan fingerprint density at radius 1 is 1.56 bits per heavy atom. The molecule has 3 nitrogen and oxygen atoms in total. The van der Waals surface area contributed by atoms with E-state index >= 15 is 0 Å². The molecule has 0 spiro atoms. The average molecular weight is 221 g/mol. The van der Waals surface area contributed by atoms with Gasteiger partial charge in [0.15, 0.2) is 0 Å². The molecule has 0 saturated heterocycles. The minimum atomic E-state index is 0.665. The standard InChI is InChI=1S/C13H23N3/c1-11(10-12-4-3-5-12)14-8-6-13-7-9-15-16(13)2/h7,9,11-12,14H,3-6,8,10H2,1-2H3. The van der Waals surface area contributed by atoms with Gasteiger partial charge in [-0.15, -0.1) is 0 Å². The lowest BCUT2D eigenvalue weighted by Gasteiger charge is -2.28. The van der Waals surface area contributed by atoms with Crippen LogP contribution in [0.5, 0.6) is 0 Å². The Morgan fingerprint density at radius 2 is 2.38 bits per heavy atom. The summed E-state index contributed by atoms with van der Waals surface area (Å²) in [6.07, 6.45) is 8.65. The first-order chi connectivity index (χ1) is 7.75. The lowest BCUT2D eigenvalue weighted by molar-refractivity contribution is 0.266. The van der Waals surface area contributed by atoms with Crippen molar-refractivity contribution in [3.63, 3.8) is 0 Å². The minimum absolute atomic E-state index is 0.665. The molecule has 0 aromatic carbocycles. The van der Waals surface area contributed by atoms with Gasteiger partial charge in [-0.2, -0.15) is 5.10 Å². The quantitative estimate of drug-likeness (QED) is 0.797. The Morgan fingerprint density at radius 3 is 2.94 bits per heavy atom. The van der Waals surface area contributed by atoms with E-state index in [1.54, 1.807) is 0 Å². The molecule has 2 rings (SSSR count). The monoisotopic (exact) mass is 221 g/mol. The third kappa shape index (κ3) is 3.08. The molecule has 1 saturated carbocycles. The zero-order chi connectivity index (χ0) is 11.4. The molecule has 0 radical (unpaired) electrons. The van der Waals surface area contributed by atoms with Crippen molar-refractivity contribution < 1.29 is 0 Å². The number of nitrogens with zero attached hydrogens (tertiary/aromatic N) is 2. The zero-order valence-corrected chi connectivity index (χ0v) is 10.4. The SMILES string of the molecule is CC(CC1CCC1)NCCc1ccnn1C. The topological polar surface area (TPSA) is 29.9 Å². The fourth-order valence-electron chi connectivity index (χ4n) is 2.41. The van der Waals surface area contributed by atoms with E-state index in [4.69, 9.17) is 0 Å². The van der Waals surface area contributed by atoms with E-state index in [2.05, 4.69) is 23.4 Å². The molecule has 16 heavy (non-hydrogen) atoms. The Bertz CT molecular complexity index is 315. The van der Waals surface area contributed by atoms with Crippen LogP contribution in [0, 0.1) is 5.92 Å². The third-order valence-corrected chi connectivity index (χ3v) is 3.71. The average Bonchev–Trinajstić information content (AvgIpc) is 2.59. The molecule has 1 N–H and O–H groups in total. The summed E-state index contributed by atoms with van der Waals surface area (Å²) in [4.78, 5) is 0. The van der Waals surface area contributed by atoms with Crippen molar-refractivity contribution in [1.29, 1.82) is 0 Å². The predicted molar refractivity (Wildman–Crippen MR) is 66.3 cm³/mol. The number of rotatable bonds is 6. The largest absolute Gasteiger partial charge is 0.314 e. The van der Waals surface area contributed by atoms with E-state index in [1.807, 2.05) is 17.9 Å². The van der Waals surface area contributed by atoms with Crippen LogP contribution in [0.1, 0.15) is 38.3 Å². The zero-order valence-electron chi connectivity index (χ0n) is 10.4. The summed E-state index contributed by atoms with van der Waals surface area (Å²) in [5.74, 6) is 0.999. The predicted octanol–water partition coefficient (Wildman–Crippen LogP) is 2.13. The Kier molecular flexibility index (Phi) is 3.99. The second-order valence-electron chi connectivity index (χ2n) is 5.08. The summed E-state index contributed by atoms with van der Waals surface area (Å²) in [5.41, 5.74) is 1.31. The molecule has 0 aliphatic heterocycles. The van der Waals surface area contributed by atoms with E-state index in [-0.39, 0.29) is 0 Å². The van der Waals surface area contributed by atoms with Crippen molar-refractivity contribution in [3.05, 3.63) is 18.0 Å². The summed E-state index contributed by atoms with van der Waals surface area (Å²) < 4.78 is 1.96. The summed E-state index contributed by atoms with van der Waals surface area (Å²) in [6.45, 7) is 3.37. The van der Waals surface area contributed by atoms with Crippen LogP contribution >= 0.6 is 0 Å². The van der Waals surface area contributed by atoms with E-state index in [0.717, 1.165) is 18.9 Å². The number of hydrogen-bond acceptors (Lipinski definition) is 2. The van der Waals surface area contributed by atoms with Crippen molar-refractivity contribution in [1.82, 2.24) is 15.1 Å². The first-order valence-electron chi connectivity index (χ1n) is 6.46. The molecule has 1 aromatic rings. The van der Waals surface area contributed by atoms with E-state index < -0.39 is 0 Å². The molecule has 0 bridgehead atoms. The fraction of sp³-hybridized carbons (Fsp3) is 0.769. The smallest absolute Gasteiger partial charge is 0.0492 e. The second kappa shape index (κ2) is 5.48. The molecule has 1 heterocycles. The Hall–Kier alpha value is -0.830. The summed E-state index contributed by atoms with van der Waals surface area (Å²) >= 11 is 0. The molecule has 1 fully saturated rings. The fourth-order valence-corrected chi connectivity index (χ4v) is 2.41. The number of hydrogen-bond donors (Lipinski definition) is 1. The van der Waals surface area contributed by atoms with E-state index in [9.17, 15) is 0 Å². The Labute approximate surface area is 98.2 Å². The van der Waals surface area contributed by atoms with Crippen molar-refractivity contribution in [3.8, 4) is 0 Å². The van der Waals surface area contributed by atoms with Gasteiger partial charge in [-0.05, 0) is 25.3 Å². The molecular weight excluding hydrogens is 198 g/mol. The van der Waals surface area contributed by atoms with Crippen molar-refractivity contribution >= 4 is 0 Å². The van der Waals surface area contributed by atoms with Crippen molar-refractivity contribution in [2.45, 2.75) is 45.1 Å². The van der Waals surface area contributed by atoms with Gasteiger partial charge < -0.3 is 5.32 Å². The molecule has 3 heteroatoms. The van der Waals surface area contributed by atoms with Gasteiger partial charge in [0.25, 0.3) is 0 Å². The van der Waals surface area contributed by atoms with Crippen LogP contribution in [0.3, 0.4) is 0 Å². The summed E-state index contributed by atoms with van der Waals surface area (Å²) in [5, 5.41) is 7.78. The molecule has 1 unspecified atom stereocenters. The van der Waals surface area contributed by atoms with Crippen LogP contribution < -0.4 is 5.32 Å². The van der Waals surface area contributed by atoms with Crippen LogP contribution in [0.15, 0.2) is 12.3 Å². The number of aryl methyl sites for hydroxylation is 1. The highest BCUT2D eigenvalue weighted by molar-refractivity contribution is 5.00. The normalized spacial score (nSPS) is 18.4. The highest BCUT2D eigenvalue weighted by atomic mass is 15.3. The lowest BCUT2D eigenvalue weighted by Crippen LogP contribution is -2.32. The first-order valence-corrected chi connectivity index (χ1v) is 6.46.